The van der Waals surface area contributed by atoms with Gasteiger partial charge in [-0.25, -0.2) is 9.59 Å². The van der Waals surface area contributed by atoms with E-state index in [1.54, 1.807) is 6.07 Å². The molecular formula is C13H13F3N2O3. The first kappa shape index (κ1) is 15.1. The number of rotatable bonds is 4. The molecule has 5 nitrogen and oxygen atoms in total. The summed E-state index contributed by atoms with van der Waals surface area (Å²) in [6.45, 7) is 0.0381. The average molecular weight is 302 g/mol. The van der Waals surface area contributed by atoms with Gasteiger partial charge in [0.1, 0.15) is 0 Å². The molecule has 3 N–H and O–H groups in total. The van der Waals surface area contributed by atoms with Gasteiger partial charge in [0.2, 0.25) is 0 Å². The lowest BCUT2D eigenvalue weighted by molar-refractivity contribution is -0.148. The van der Waals surface area contributed by atoms with E-state index in [4.69, 9.17) is 5.11 Å². The Kier molecular flexibility index (Phi) is 4.06. The van der Waals surface area contributed by atoms with Crippen LogP contribution in [0.2, 0.25) is 0 Å². The molecule has 0 radical (unpaired) electrons. The molecule has 1 fully saturated rings. The maximum absolute atomic E-state index is 12.3. The molecule has 0 spiro atoms. The van der Waals surface area contributed by atoms with Gasteiger partial charge >= 0.3 is 18.2 Å². The Bertz CT molecular complexity index is 560. The number of halogens is 3. The number of carboxylic acid groups (broad SMARTS) is 1. The van der Waals surface area contributed by atoms with Gasteiger partial charge in [0.05, 0.1) is 11.5 Å². The van der Waals surface area contributed by atoms with E-state index < -0.39 is 30.1 Å². The van der Waals surface area contributed by atoms with Crippen LogP contribution in [-0.2, 0) is 6.54 Å². The second-order valence-electron chi connectivity index (χ2n) is 4.82. The second-order valence-corrected chi connectivity index (χ2v) is 4.82. The van der Waals surface area contributed by atoms with E-state index in [0.29, 0.717) is 5.56 Å². The smallest absolute Gasteiger partial charge is 0.393 e. The van der Waals surface area contributed by atoms with Crippen LogP contribution in [-0.4, -0.2) is 29.3 Å². The molecule has 21 heavy (non-hydrogen) atoms. The minimum Gasteiger partial charge on any atom is -0.478 e. The van der Waals surface area contributed by atoms with Crippen LogP contribution < -0.4 is 10.6 Å². The van der Waals surface area contributed by atoms with Crippen molar-refractivity contribution in [2.24, 2.45) is 5.92 Å². The fraction of sp³-hybridized carbons (Fsp3) is 0.385. The van der Waals surface area contributed by atoms with Crippen molar-refractivity contribution in [3.05, 3.63) is 35.4 Å². The quantitative estimate of drug-likeness (QED) is 0.797. The van der Waals surface area contributed by atoms with Crippen molar-refractivity contribution in [2.75, 3.05) is 0 Å². The van der Waals surface area contributed by atoms with Gasteiger partial charge in [0.15, 0.2) is 0 Å². The van der Waals surface area contributed by atoms with Crippen molar-refractivity contribution < 1.29 is 27.9 Å². The van der Waals surface area contributed by atoms with Crippen molar-refractivity contribution in [1.29, 1.82) is 0 Å². The SMILES string of the molecule is O=C(NCc1cccc(C(=O)O)c1)N[C@@H]1C[C@H]1C(F)(F)F. The molecule has 0 aromatic heterocycles. The van der Waals surface area contributed by atoms with E-state index in [9.17, 15) is 22.8 Å². The summed E-state index contributed by atoms with van der Waals surface area (Å²) in [4.78, 5) is 22.2. The van der Waals surface area contributed by atoms with Gasteiger partial charge in [0, 0.05) is 12.6 Å². The highest BCUT2D eigenvalue weighted by atomic mass is 19.4. The number of carboxylic acids is 1. The van der Waals surface area contributed by atoms with Crippen molar-refractivity contribution in [3.8, 4) is 0 Å². The normalized spacial score (nSPS) is 20.7. The monoisotopic (exact) mass is 302 g/mol. The van der Waals surface area contributed by atoms with Crippen LogP contribution in [0.1, 0.15) is 22.3 Å². The molecule has 1 aromatic rings. The number of carbonyl (C=O) groups is 2. The molecule has 2 rings (SSSR count). The first-order chi connectivity index (χ1) is 9.77. The summed E-state index contributed by atoms with van der Waals surface area (Å²) in [5.41, 5.74) is 0.627. The van der Waals surface area contributed by atoms with E-state index in [1.807, 2.05) is 0 Å². The summed E-state index contributed by atoms with van der Waals surface area (Å²) >= 11 is 0. The summed E-state index contributed by atoms with van der Waals surface area (Å²) in [6.07, 6.45) is -4.39. The molecule has 0 unspecified atom stereocenters. The molecule has 2 atom stereocenters. The number of nitrogens with one attached hydrogen (secondary N) is 2. The van der Waals surface area contributed by atoms with E-state index in [2.05, 4.69) is 10.6 Å². The third kappa shape index (κ3) is 4.11. The Morgan fingerprint density at radius 2 is 2.05 bits per heavy atom. The van der Waals surface area contributed by atoms with Crippen LogP contribution >= 0.6 is 0 Å². The third-order valence-electron chi connectivity index (χ3n) is 3.15. The van der Waals surface area contributed by atoms with Crippen LogP contribution in [0, 0.1) is 5.92 Å². The molecule has 0 bridgehead atoms. The number of urea groups is 1. The Morgan fingerprint density at radius 1 is 1.33 bits per heavy atom. The molecule has 114 valence electrons. The molecule has 1 aliphatic rings. The van der Waals surface area contributed by atoms with Gasteiger partial charge in [-0.3, -0.25) is 0 Å². The summed E-state index contributed by atoms with van der Waals surface area (Å²) < 4.78 is 36.9. The lowest BCUT2D eigenvalue weighted by Crippen LogP contribution is -2.38. The standard InChI is InChI=1S/C13H13F3N2O3/c14-13(15,16)9-5-10(9)18-12(21)17-6-7-2-1-3-8(4-7)11(19)20/h1-4,9-10H,5-6H2,(H,19,20)(H2,17,18,21)/t9-,10-/m1/s1. The molecule has 0 aliphatic heterocycles. The Morgan fingerprint density at radius 3 is 2.62 bits per heavy atom. The van der Waals surface area contributed by atoms with Gasteiger partial charge < -0.3 is 15.7 Å². The number of alkyl halides is 3. The fourth-order valence-corrected chi connectivity index (χ4v) is 1.93. The zero-order valence-corrected chi connectivity index (χ0v) is 10.8. The molecular weight excluding hydrogens is 289 g/mol. The zero-order valence-electron chi connectivity index (χ0n) is 10.8. The van der Waals surface area contributed by atoms with Crippen molar-refractivity contribution >= 4 is 12.0 Å². The Hall–Kier alpha value is -2.25. The summed E-state index contributed by atoms with van der Waals surface area (Å²) in [5, 5.41) is 13.4. The van der Waals surface area contributed by atoms with Crippen LogP contribution in [0.3, 0.4) is 0 Å². The topological polar surface area (TPSA) is 78.4 Å². The van der Waals surface area contributed by atoms with Gasteiger partial charge in [-0.1, -0.05) is 12.1 Å². The first-order valence-corrected chi connectivity index (χ1v) is 6.20. The Labute approximate surface area is 118 Å². The zero-order chi connectivity index (χ0) is 15.6. The van der Waals surface area contributed by atoms with Gasteiger partial charge in [-0.15, -0.1) is 0 Å². The van der Waals surface area contributed by atoms with Crippen LogP contribution in [0.25, 0.3) is 0 Å². The largest absolute Gasteiger partial charge is 0.478 e. The van der Waals surface area contributed by atoms with Gasteiger partial charge in [0.25, 0.3) is 0 Å². The Balaban J connectivity index is 1.80. The number of hydrogen-bond donors (Lipinski definition) is 3. The highest BCUT2D eigenvalue weighted by Gasteiger charge is 2.56. The molecule has 1 aromatic carbocycles. The number of amides is 2. The van der Waals surface area contributed by atoms with Crippen LogP contribution in [0.4, 0.5) is 18.0 Å². The first-order valence-electron chi connectivity index (χ1n) is 6.20. The predicted molar refractivity (Wildman–Crippen MR) is 66.7 cm³/mol. The molecule has 8 heteroatoms. The second kappa shape index (κ2) is 5.63. The highest BCUT2D eigenvalue weighted by molar-refractivity contribution is 5.87. The van der Waals surface area contributed by atoms with E-state index in [0.717, 1.165) is 0 Å². The van der Waals surface area contributed by atoms with Crippen molar-refractivity contribution in [2.45, 2.75) is 25.2 Å². The fourth-order valence-electron chi connectivity index (χ4n) is 1.93. The summed E-state index contributed by atoms with van der Waals surface area (Å²) in [5.74, 6) is -2.56. The van der Waals surface area contributed by atoms with Crippen LogP contribution in [0.15, 0.2) is 24.3 Å². The maximum atomic E-state index is 12.3. The van der Waals surface area contributed by atoms with E-state index >= 15 is 0 Å². The average Bonchev–Trinajstić information content (AvgIpc) is 3.16. The molecule has 1 saturated carbocycles. The minimum absolute atomic E-state index is 0.0381. The number of aromatic carboxylic acids is 1. The van der Waals surface area contributed by atoms with Crippen molar-refractivity contribution in [3.63, 3.8) is 0 Å². The van der Waals surface area contributed by atoms with Gasteiger partial charge in [-0.2, -0.15) is 13.2 Å². The van der Waals surface area contributed by atoms with Crippen molar-refractivity contribution in [1.82, 2.24) is 10.6 Å². The molecule has 2 amide bonds. The molecule has 0 heterocycles. The number of carbonyl (C=O) groups excluding carboxylic acids is 1. The lowest BCUT2D eigenvalue weighted by Gasteiger charge is -2.09. The highest BCUT2D eigenvalue weighted by Crippen LogP contribution is 2.44. The number of hydrogen-bond acceptors (Lipinski definition) is 2. The van der Waals surface area contributed by atoms with Crippen LogP contribution in [0.5, 0.6) is 0 Å². The van der Waals surface area contributed by atoms with E-state index in [1.165, 1.54) is 18.2 Å². The molecule has 0 saturated heterocycles. The third-order valence-corrected chi connectivity index (χ3v) is 3.15. The molecule has 1 aliphatic carbocycles. The van der Waals surface area contributed by atoms with E-state index in [-0.39, 0.29) is 18.5 Å². The maximum Gasteiger partial charge on any atom is 0.393 e. The predicted octanol–water partition coefficient (Wildman–Crippen LogP) is 2.13. The summed E-state index contributed by atoms with van der Waals surface area (Å²) in [6, 6.07) is 4.35. The summed E-state index contributed by atoms with van der Waals surface area (Å²) in [7, 11) is 0. The minimum atomic E-state index is -4.28. The lowest BCUT2D eigenvalue weighted by atomic mass is 10.1. The number of benzene rings is 1. The van der Waals surface area contributed by atoms with Gasteiger partial charge in [-0.05, 0) is 24.1 Å².